The van der Waals surface area contributed by atoms with Gasteiger partial charge in [-0.15, -0.1) is 0 Å². The summed E-state index contributed by atoms with van der Waals surface area (Å²) in [6.07, 6.45) is -0.336. The summed E-state index contributed by atoms with van der Waals surface area (Å²) in [5, 5.41) is 7.53. The Hall–Kier alpha value is -1.51. The summed E-state index contributed by atoms with van der Waals surface area (Å²) in [7, 11) is 1.42. The quantitative estimate of drug-likeness (QED) is 0.851. The molecule has 0 radical (unpaired) electrons. The van der Waals surface area contributed by atoms with Crippen molar-refractivity contribution < 1.29 is 56.4 Å². The Labute approximate surface area is 187 Å². The van der Waals surface area contributed by atoms with Crippen LogP contribution in [0.3, 0.4) is 0 Å². The first-order valence-corrected chi connectivity index (χ1v) is 8.40. The van der Waals surface area contributed by atoms with Gasteiger partial charge in [0.25, 0.3) is 0 Å². The van der Waals surface area contributed by atoms with Gasteiger partial charge >= 0.3 is 6.09 Å². The number of hydrogen-bond donors (Lipinski definition) is 1. The summed E-state index contributed by atoms with van der Waals surface area (Å²) in [6.45, 7) is 7.05. The van der Waals surface area contributed by atoms with E-state index in [0.29, 0.717) is 31.1 Å². The van der Waals surface area contributed by atoms with Gasteiger partial charge in [-0.1, -0.05) is 0 Å². The fourth-order valence-electron chi connectivity index (χ4n) is 2.70. The number of nitrogens with one attached hydrogen (secondary N) is 1. The van der Waals surface area contributed by atoms with E-state index in [-0.39, 0.29) is 49.6 Å². The van der Waals surface area contributed by atoms with Gasteiger partial charge in [-0.3, -0.25) is 4.68 Å². The van der Waals surface area contributed by atoms with Gasteiger partial charge < -0.3 is 19.7 Å². The van der Waals surface area contributed by atoms with Crippen LogP contribution in [0.25, 0.3) is 0 Å². The number of ether oxygens (including phenoxy) is 2. The number of methoxy groups -OCH3 is 1. The number of carbonyl (C=O) groups excluding carboxylic acids is 1. The number of fused-ring (bicyclic) bond motifs is 1. The van der Waals surface area contributed by atoms with Crippen LogP contribution >= 0.6 is 0 Å². The molecule has 0 aliphatic carbocycles. The van der Waals surface area contributed by atoms with Crippen LogP contribution in [-0.2, 0) is 17.8 Å². The summed E-state index contributed by atoms with van der Waals surface area (Å²) in [5.74, 6) is 0.334. The molecule has 3 rings (SSSR count). The second-order valence-electron chi connectivity index (χ2n) is 7.12. The molecule has 0 saturated heterocycles. The molecule has 1 aliphatic heterocycles. The number of halogens is 1. The van der Waals surface area contributed by atoms with Gasteiger partial charge in [-0.2, -0.15) is 5.10 Å². The van der Waals surface area contributed by atoms with E-state index in [1.165, 1.54) is 13.2 Å². The molecular weight excluding hydrogens is 379 g/mol. The number of hydrogen-bond acceptors (Lipinski definition) is 5. The minimum Gasteiger partial charge on any atom is -0.494 e. The molecule has 0 fully saturated rings. The number of aromatic nitrogens is 2. The van der Waals surface area contributed by atoms with Crippen molar-refractivity contribution in [3.8, 4) is 5.75 Å². The second-order valence-corrected chi connectivity index (χ2v) is 7.12. The Morgan fingerprint density at radius 3 is 2.63 bits per heavy atom. The maximum Gasteiger partial charge on any atom is 0.410 e. The fraction of sp³-hybridized carbons (Fsp3) is 0.444. The Morgan fingerprint density at radius 1 is 1.26 bits per heavy atom. The largest absolute Gasteiger partial charge is 0.494 e. The summed E-state index contributed by atoms with van der Waals surface area (Å²) in [4.78, 5) is 13.9. The van der Waals surface area contributed by atoms with Crippen molar-refractivity contribution in [2.45, 2.75) is 39.5 Å². The average Bonchev–Trinajstić information content (AvgIpc) is 2.94. The molecule has 1 aromatic carbocycles. The van der Waals surface area contributed by atoms with Crippen LogP contribution in [-0.4, -0.2) is 40.0 Å². The van der Waals surface area contributed by atoms with Gasteiger partial charge in [0.2, 0.25) is 0 Å². The average molecular weight is 402 g/mol. The molecule has 0 atom stereocenters. The van der Waals surface area contributed by atoms with Crippen molar-refractivity contribution in [1.29, 1.82) is 0 Å². The summed E-state index contributed by atoms with van der Waals surface area (Å²) in [5.41, 5.74) is 0.932. The van der Waals surface area contributed by atoms with E-state index in [1.807, 2.05) is 31.5 Å². The summed E-state index contributed by atoms with van der Waals surface area (Å²) >= 11 is 0. The second kappa shape index (κ2) is 8.67. The molecular formula is C18H23ArFN4O3. The minimum absolute atomic E-state index is 0. The molecule has 9 heteroatoms. The van der Waals surface area contributed by atoms with Gasteiger partial charge in [0.1, 0.15) is 5.60 Å². The molecule has 1 aromatic heterocycles. The molecule has 0 bridgehead atoms. The Bertz CT molecular complexity index is 819. The molecule has 0 saturated carbocycles. The number of benzene rings is 1. The summed E-state index contributed by atoms with van der Waals surface area (Å²) < 4.78 is 26.0. The first kappa shape index (κ1) is 21.8. The zero-order valence-electron chi connectivity index (χ0n) is 15.7. The molecule has 1 aliphatic rings. The predicted molar refractivity (Wildman–Crippen MR) is 95.1 cm³/mol. The Balaban J connectivity index is 0.00000261. The van der Waals surface area contributed by atoms with Crippen LogP contribution in [0.15, 0.2) is 24.3 Å². The van der Waals surface area contributed by atoms with E-state index in [0.717, 1.165) is 5.69 Å². The first-order valence-electron chi connectivity index (χ1n) is 8.40. The van der Waals surface area contributed by atoms with E-state index in [2.05, 4.69) is 10.4 Å². The van der Waals surface area contributed by atoms with Crippen LogP contribution in [0.5, 0.6) is 5.75 Å². The van der Waals surface area contributed by atoms with Gasteiger partial charge in [-0.25, -0.2) is 9.18 Å². The normalized spacial score (nSPS) is 13.4. The molecule has 2 heterocycles. The number of amides is 1. The third-order valence-corrected chi connectivity index (χ3v) is 3.87. The van der Waals surface area contributed by atoms with E-state index in [9.17, 15) is 9.18 Å². The van der Waals surface area contributed by atoms with Gasteiger partial charge in [0, 0.05) is 62.1 Å². The van der Waals surface area contributed by atoms with Crippen molar-refractivity contribution in [3.05, 3.63) is 35.8 Å². The molecule has 7 nitrogen and oxygen atoms in total. The van der Waals surface area contributed by atoms with Gasteiger partial charge in [-0.05, 0) is 32.9 Å². The smallest absolute Gasteiger partial charge is 0.410 e. The van der Waals surface area contributed by atoms with Crippen LogP contribution in [0.4, 0.5) is 20.7 Å². The van der Waals surface area contributed by atoms with E-state index >= 15 is 0 Å². The molecule has 27 heavy (non-hydrogen) atoms. The van der Waals surface area contributed by atoms with Crippen LogP contribution in [0, 0.1) is 43.6 Å². The van der Waals surface area contributed by atoms with Crippen molar-refractivity contribution in [1.82, 2.24) is 14.7 Å². The topological polar surface area (TPSA) is 68.6 Å². The van der Waals surface area contributed by atoms with Crippen LogP contribution in [0.1, 0.15) is 26.5 Å². The fourth-order valence-corrected chi connectivity index (χ4v) is 2.70. The van der Waals surface area contributed by atoms with E-state index in [4.69, 9.17) is 9.47 Å². The minimum atomic E-state index is -0.528. The van der Waals surface area contributed by atoms with Crippen LogP contribution in [0.2, 0.25) is 0 Å². The monoisotopic (exact) mass is 402 g/mol. The molecule has 0 unspecified atom stereocenters. The third kappa shape index (κ3) is 5.49. The number of anilines is 2. The number of carbonyl (C=O) groups is 1. The maximum absolute atomic E-state index is 13.8. The van der Waals surface area contributed by atoms with Gasteiger partial charge in [0.05, 0.1) is 25.9 Å². The Kier molecular flexibility index (Phi) is 6.99. The predicted octanol–water partition coefficient (Wildman–Crippen LogP) is 3.53. The number of rotatable bonds is 3. The van der Waals surface area contributed by atoms with Crippen molar-refractivity contribution in [2.24, 2.45) is 0 Å². The molecule has 148 valence electrons. The summed E-state index contributed by atoms with van der Waals surface area (Å²) in [6, 6.07) is 6.47. The molecule has 2 aromatic rings. The van der Waals surface area contributed by atoms with E-state index < -0.39 is 11.4 Å². The third-order valence-electron chi connectivity index (χ3n) is 3.87. The van der Waals surface area contributed by atoms with E-state index in [1.54, 1.807) is 17.0 Å². The van der Waals surface area contributed by atoms with Crippen molar-refractivity contribution >= 4 is 17.6 Å². The maximum atomic E-state index is 13.8. The SMILES string of the molecule is COc1ccc(Nc2cc3n(n2)CCN(C(=O)OC(C)(C)C)C3)cc1F.[Ar]. The standard InChI is InChI=1S/C18H23FN4O3.Ar/c1-18(2,3)26-17(24)22-7-8-23-13(11-22)10-16(21-23)20-12-5-6-15(25-4)14(19)9-12;/h5-6,9-10H,7-8,11H2,1-4H3,(H,20,21);. The Morgan fingerprint density at radius 2 is 2.00 bits per heavy atom. The van der Waals surface area contributed by atoms with Crippen molar-refractivity contribution in [3.63, 3.8) is 0 Å². The van der Waals surface area contributed by atoms with Gasteiger partial charge in [0.15, 0.2) is 17.4 Å². The molecule has 0 spiro atoms. The first-order chi connectivity index (χ1) is 12.2. The molecule has 1 N–H and O–H groups in total. The zero-order valence-corrected chi connectivity index (χ0v) is 16.4. The van der Waals surface area contributed by atoms with Crippen molar-refractivity contribution in [2.75, 3.05) is 19.0 Å². The number of nitrogens with zero attached hydrogens (tertiary/aromatic N) is 3. The molecule has 1 amide bonds. The zero-order chi connectivity index (χ0) is 18.9. The van der Waals surface area contributed by atoms with Crippen LogP contribution < -0.4 is 10.1 Å².